The van der Waals surface area contributed by atoms with Gasteiger partial charge in [-0.2, -0.15) is 0 Å². The maximum absolute atomic E-state index is 11.8. The van der Waals surface area contributed by atoms with Gasteiger partial charge in [0, 0.05) is 12.0 Å². The summed E-state index contributed by atoms with van der Waals surface area (Å²) in [5, 5.41) is 3.24. The molecule has 3 N–H and O–H groups in total. The fraction of sp³-hybridized carbons (Fsp3) is 0.316. The first kappa shape index (κ1) is 18.3. The lowest BCUT2D eigenvalue weighted by Crippen LogP contribution is -2.37. The SMILES string of the molecule is CCS(=O)(=O)c1ccc(CN=C(N)NC2CCOc3ccccc32)cc1. The molecule has 3 rings (SSSR count). The van der Waals surface area contributed by atoms with Crippen LogP contribution < -0.4 is 15.8 Å². The Morgan fingerprint density at radius 2 is 1.96 bits per heavy atom. The van der Waals surface area contributed by atoms with Crippen molar-refractivity contribution in [3.8, 4) is 5.75 Å². The molecule has 0 aliphatic carbocycles. The van der Waals surface area contributed by atoms with Crippen LogP contribution in [0.3, 0.4) is 0 Å². The standard InChI is InChI=1S/C19H23N3O3S/c1-2-26(23,24)15-9-7-14(8-10-15)13-21-19(20)22-17-11-12-25-18-6-4-3-5-16(17)18/h3-10,17H,2,11-13H2,1H3,(H3,20,21,22). The zero-order valence-corrected chi connectivity index (χ0v) is 15.5. The maximum Gasteiger partial charge on any atom is 0.189 e. The number of hydrogen-bond donors (Lipinski definition) is 2. The van der Waals surface area contributed by atoms with Crippen molar-refractivity contribution in [1.82, 2.24) is 5.32 Å². The van der Waals surface area contributed by atoms with Crippen molar-refractivity contribution >= 4 is 15.8 Å². The molecule has 0 aromatic heterocycles. The van der Waals surface area contributed by atoms with Crippen LogP contribution >= 0.6 is 0 Å². The Hall–Kier alpha value is -2.54. The quantitative estimate of drug-likeness (QED) is 0.620. The largest absolute Gasteiger partial charge is 0.493 e. The third kappa shape index (κ3) is 4.16. The summed E-state index contributed by atoms with van der Waals surface area (Å²) in [4.78, 5) is 4.70. The first-order valence-corrected chi connectivity index (χ1v) is 10.2. The van der Waals surface area contributed by atoms with E-state index in [4.69, 9.17) is 10.5 Å². The monoisotopic (exact) mass is 373 g/mol. The number of sulfone groups is 1. The van der Waals surface area contributed by atoms with Crippen LogP contribution in [-0.4, -0.2) is 26.7 Å². The average molecular weight is 373 g/mol. The molecule has 0 amide bonds. The van der Waals surface area contributed by atoms with Crippen molar-refractivity contribution < 1.29 is 13.2 Å². The Balaban J connectivity index is 1.64. The van der Waals surface area contributed by atoms with E-state index in [1.54, 1.807) is 31.2 Å². The van der Waals surface area contributed by atoms with Gasteiger partial charge >= 0.3 is 0 Å². The van der Waals surface area contributed by atoms with E-state index in [0.717, 1.165) is 23.3 Å². The molecule has 1 unspecified atom stereocenters. The number of guanidine groups is 1. The Kier molecular flexibility index (Phi) is 5.46. The molecule has 26 heavy (non-hydrogen) atoms. The lowest BCUT2D eigenvalue weighted by Gasteiger charge is -2.26. The van der Waals surface area contributed by atoms with Gasteiger partial charge in [-0.1, -0.05) is 37.3 Å². The van der Waals surface area contributed by atoms with Crippen LogP contribution in [0.5, 0.6) is 5.75 Å². The molecular formula is C19H23N3O3S. The van der Waals surface area contributed by atoms with Crippen molar-refractivity contribution in [2.75, 3.05) is 12.4 Å². The smallest absolute Gasteiger partial charge is 0.189 e. The second kappa shape index (κ2) is 7.78. The van der Waals surface area contributed by atoms with Gasteiger partial charge in [-0.15, -0.1) is 0 Å². The molecule has 138 valence electrons. The number of ether oxygens (including phenoxy) is 1. The molecule has 0 saturated heterocycles. The molecule has 0 radical (unpaired) electrons. The number of benzene rings is 2. The summed E-state index contributed by atoms with van der Waals surface area (Å²) in [6.07, 6.45) is 0.816. The minimum absolute atomic E-state index is 0.0702. The highest BCUT2D eigenvalue weighted by Gasteiger charge is 2.21. The summed E-state index contributed by atoms with van der Waals surface area (Å²) in [5.41, 5.74) is 8.01. The molecule has 1 atom stereocenters. The number of aliphatic imine (C=N–C) groups is 1. The van der Waals surface area contributed by atoms with Crippen molar-refractivity contribution in [2.24, 2.45) is 10.7 Å². The lowest BCUT2D eigenvalue weighted by atomic mass is 10.0. The topological polar surface area (TPSA) is 93.8 Å². The van der Waals surface area contributed by atoms with Crippen LogP contribution in [0, 0.1) is 0 Å². The van der Waals surface area contributed by atoms with Gasteiger partial charge in [0.05, 0.1) is 29.8 Å². The summed E-state index contributed by atoms with van der Waals surface area (Å²) >= 11 is 0. The van der Waals surface area contributed by atoms with Crippen LogP contribution in [-0.2, 0) is 16.4 Å². The number of hydrogen-bond acceptors (Lipinski definition) is 4. The van der Waals surface area contributed by atoms with Crippen molar-refractivity contribution in [1.29, 1.82) is 0 Å². The highest BCUT2D eigenvalue weighted by atomic mass is 32.2. The summed E-state index contributed by atoms with van der Waals surface area (Å²) in [7, 11) is -3.18. The second-order valence-corrected chi connectivity index (χ2v) is 8.40. The molecule has 1 aliphatic heterocycles. The first-order chi connectivity index (χ1) is 12.5. The van der Waals surface area contributed by atoms with Crippen LogP contribution in [0.4, 0.5) is 0 Å². The highest BCUT2D eigenvalue weighted by Crippen LogP contribution is 2.31. The van der Waals surface area contributed by atoms with Crippen LogP contribution in [0.15, 0.2) is 58.4 Å². The van der Waals surface area contributed by atoms with Gasteiger partial charge in [0.25, 0.3) is 0 Å². The van der Waals surface area contributed by atoms with Crippen molar-refractivity contribution in [3.05, 3.63) is 59.7 Å². The third-order valence-electron chi connectivity index (χ3n) is 4.38. The first-order valence-electron chi connectivity index (χ1n) is 8.59. The van der Waals surface area contributed by atoms with Crippen LogP contribution in [0.2, 0.25) is 0 Å². The fourth-order valence-corrected chi connectivity index (χ4v) is 3.75. The van der Waals surface area contributed by atoms with Gasteiger partial charge in [0.15, 0.2) is 15.8 Å². The molecular weight excluding hydrogens is 350 g/mol. The van der Waals surface area contributed by atoms with E-state index in [0.29, 0.717) is 24.0 Å². The highest BCUT2D eigenvalue weighted by molar-refractivity contribution is 7.91. The molecule has 0 bridgehead atoms. The van der Waals surface area contributed by atoms with E-state index in [9.17, 15) is 8.42 Å². The Bertz CT molecular complexity index is 893. The normalized spacial score (nSPS) is 17.3. The van der Waals surface area contributed by atoms with Crippen molar-refractivity contribution in [3.63, 3.8) is 0 Å². The predicted octanol–water partition coefficient (Wildman–Crippen LogP) is 2.41. The maximum atomic E-state index is 11.8. The van der Waals surface area contributed by atoms with E-state index in [1.165, 1.54) is 0 Å². The van der Waals surface area contributed by atoms with E-state index >= 15 is 0 Å². The zero-order valence-electron chi connectivity index (χ0n) is 14.7. The van der Waals surface area contributed by atoms with Crippen molar-refractivity contribution in [2.45, 2.75) is 30.8 Å². The summed E-state index contributed by atoms with van der Waals surface area (Å²) in [6, 6.07) is 14.7. The number of nitrogens with zero attached hydrogens (tertiary/aromatic N) is 1. The minimum atomic E-state index is -3.18. The van der Waals surface area contributed by atoms with Gasteiger partial charge in [0.1, 0.15) is 5.75 Å². The van der Waals surface area contributed by atoms with Crippen LogP contribution in [0.1, 0.15) is 30.5 Å². The van der Waals surface area contributed by atoms with Gasteiger partial charge in [-0.3, -0.25) is 0 Å². The molecule has 1 heterocycles. The predicted molar refractivity (Wildman–Crippen MR) is 102 cm³/mol. The zero-order chi connectivity index (χ0) is 18.6. The van der Waals surface area contributed by atoms with E-state index in [2.05, 4.69) is 10.3 Å². The Labute approximate surface area is 154 Å². The molecule has 2 aromatic carbocycles. The fourth-order valence-electron chi connectivity index (χ4n) is 2.86. The summed E-state index contributed by atoms with van der Waals surface area (Å²) in [5.74, 6) is 1.32. The van der Waals surface area contributed by atoms with Gasteiger partial charge in [-0.05, 0) is 23.8 Å². The van der Waals surface area contributed by atoms with Gasteiger partial charge in [0.2, 0.25) is 0 Å². The molecule has 6 nitrogen and oxygen atoms in total. The molecule has 0 fully saturated rings. The minimum Gasteiger partial charge on any atom is -0.493 e. The van der Waals surface area contributed by atoms with E-state index in [-0.39, 0.29) is 11.8 Å². The molecule has 2 aromatic rings. The molecule has 1 aliphatic rings. The summed E-state index contributed by atoms with van der Waals surface area (Å²) < 4.78 is 29.3. The number of nitrogens with one attached hydrogen (secondary N) is 1. The Morgan fingerprint density at radius 3 is 2.69 bits per heavy atom. The van der Waals surface area contributed by atoms with Gasteiger partial charge in [-0.25, -0.2) is 13.4 Å². The number of nitrogens with two attached hydrogens (primary N) is 1. The number of fused-ring (bicyclic) bond motifs is 1. The number of para-hydroxylation sites is 1. The molecule has 0 saturated carbocycles. The van der Waals surface area contributed by atoms with E-state index < -0.39 is 9.84 Å². The molecule has 7 heteroatoms. The average Bonchev–Trinajstić information content (AvgIpc) is 2.67. The molecule has 0 spiro atoms. The van der Waals surface area contributed by atoms with Gasteiger partial charge < -0.3 is 15.8 Å². The second-order valence-electron chi connectivity index (χ2n) is 6.12. The van der Waals surface area contributed by atoms with Crippen LogP contribution in [0.25, 0.3) is 0 Å². The van der Waals surface area contributed by atoms with E-state index in [1.807, 2.05) is 24.3 Å². The third-order valence-corrected chi connectivity index (χ3v) is 6.13. The lowest BCUT2D eigenvalue weighted by molar-refractivity contribution is 0.262. The Morgan fingerprint density at radius 1 is 1.23 bits per heavy atom. The summed E-state index contributed by atoms with van der Waals surface area (Å²) in [6.45, 7) is 2.65. The number of rotatable bonds is 5.